The summed E-state index contributed by atoms with van der Waals surface area (Å²) in [5.74, 6) is 0. The van der Waals surface area contributed by atoms with Gasteiger partial charge < -0.3 is 4.74 Å². The summed E-state index contributed by atoms with van der Waals surface area (Å²) in [6.45, 7) is 5.70. The second-order valence-corrected chi connectivity index (χ2v) is 5.15. The predicted molar refractivity (Wildman–Crippen MR) is 64.1 cm³/mol. The van der Waals surface area contributed by atoms with Crippen LogP contribution in [0.25, 0.3) is 0 Å². The maximum Gasteiger partial charge on any atom is 0.0618 e. The van der Waals surface area contributed by atoms with Gasteiger partial charge in [-0.1, -0.05) is 6.92 Å². The van der Waals surface area contributed by atoms with E-state index in [-0.39, 0.29) is 0 Å². The first-order valence-electron chi connectivity index (χ1n) is 5.57. The third-order valence-corrected chi connectivity index (χ3v) is 4.23. The van der Waals surface area contributed by atoms with Crippen molar-refractivity contribution in [2.75, 3.05) is 33.1 Å². The van der Waals surface area contributed by atoms with Crippen LogP contribution in [0.1, 0.15) is 26.2 Å². The molecule has 2 nitrogen and oxygen atoms in total. The van der Waals surface area contributed by atoms with Gasteiger partial charge in [-0.25, -0.2) is 0 Å². The molecule has 0 aromatic rings. The molecule has 1 aliphatic rings. The lowest BCUT2D eigenvalue weighted by Gasteiger charge is -2.27. The van der Waals surface area contributed by atoms with E-state index in [0.29, 0.717) is 6.04 Å². The van der Waals surface area contributed by atoms with Crippen LogP contribution in [0, 0.1) is 0 Å². The topological polar surface area (TPSA) is 12.5 Å². The normalized spacial score (nSPS) is 25.5. The van der Waals surface area contributed by atoms with Crippen molar-refractivity contribution in [1.82, 2.24) is 4.90 Å². The Kier molecular flexibility index (Phi) is 5.90. The van der Waals surface area contributed by atoms with Gasteiger partial charge in [-0.2, -0.15) is 11.8 Å². The molecule has 2 atom stereocenters. The fraction of sp³-hybridized carbons (Fsp3) is 1.00. The van der Waals surface area contributed by atoms with E-state index in [1.165, 1.54) is 32.4 Å². The lowest BCUT2D eigenvalue weighted by atomic mass is 10.2. The van der Waals surface area contributed by atoms with Crippen LogP contribution < -0.4 is 0 Å². The molecular weight excluding hydrogens is 194 g/mol. The molecule has 0 radical (unpaired) electrons. The van der Waals surface area contributed by atoms with Crippen molar-refractivity contribution in [3.8, 4) is 0 Å². The highest BCUT2D eigenvalue weighted by atomic mass is 32.2. The zero-order valence-electron chi connectivity index (χ0n) is 9.66. The second kappa shape index (κ2) is 6.70. The average molecular weight is 217 g/mol. The van der Waals surface area contributed by atoms with Gasteiger partial charge in [0.05, 0.1) is 6.61 Å². The van der Waals surface area contributed by atoms with Crippen molar-refractivity contribution < 1.29 is 4.74 Å². The molecule has 0 aliphatic carbocycles. The molecule has 0 aromatic carbocycles. The molecule has 1 saturated heterocycles. The first-order chi connectivity index (χ1) is 6.81. The van der Waals surface area contributed by atoms with Gasteiger partial charge in [0.25, 0.3) is 0 Å². The minimum atomic E-state index is 0.682. The summed E-state index contributed by atoms with van der Waals surface area (Å²) in [6, 6.07) is 0.682. The molecule has 1 rings (SSSR count). The van der Waals surface area contributed by atoms with Gasteiger partial charge in [-0.15, -0.1) is 0 Å². The fourth-order valence-corrected chi connectivity index (χ4v) is 2.82. The minimum Gasteiger partial charge on any atom is -0.383 e. The lowest BCUT2D eigenvalue weighted by Crippen LogP contribution is -2.37. The van der Waals surface area contributed by atoms with Crippen molar-refractivity contribution >= 4 is 11.8 Å². The third kappa shape index (κ3) is 3.44. The molecule has 1 heterocycles. The number of hydrogen-bond acceptors (Lipinski definition) is 3. The lowest BCUT2D eigenvalue weighted by molar-refractivity contribution is 0.115. The molecule has 0 N–H and O–H groups in total. The Balaban J connectivity index is 2.34. The summed E-state index contributed by atoms with van der Waals surface area (Å²) >= 11 is 1.99. The maximum atomic E-state index is 5.26. The number of thioether (sulfide) groups is 1. The maximum absolute atomic E-state index is 5.26. The molecule has 0 saturated carbocycles. The standard InChI is InChI=1S/C11H23NOS/c1-4-11(14-3)8-12-7-5-6-10(12)9-13-2/h10-11H,4-9H2,1-3H3. The summed E-state index contributed by atoms with van der Waals surface area (Å²) in [4.78, 5) is 2.61. The number of nitrogens with zero attached hydrogens (tertiary/aromatic N) is 1. The average Bonchev–Trinajstić information content (AvgIpc) is 2.62. The minimum absolute atomic E-state index is 0.682. The Labute approximate surface area is 92.4 Å². The van der Waals surface area contributed by atoms with Crippen LogP contribution in [-0.4, -0.2) is 49.3 Å². The number of hydrogen-bond donors (Lipinski definition) is 0. The van der Waals surface area contributed by atoms with Crippen LogP contribution in [0.5, 0.6) is 0 Å². The number of methoxy groups -OCH3 is 1. The fourth-order valence-electron chi connectivity index (χ4n) is 2.15. The molecule has 0 spiro atoms. The molecule has 14 heavy (non-hydrogen) atoms. The zero-order valence-corrected chi connectivity index (χ0v) is 10.5. The molecule has 2 unspecified atom stereocenters. The van der Waals surface area contributed by atoms with Crippen molar-refractivity contribution in [2.24, 2.45) is 0 Å². The van der Waals surface area contributed by atoms with Gasteiger partial charge in [0.1, 0.15) is 0 Å². The smallest absolute Gasteiger partial charge is 0.0618 e. The summed E-state index contributed by atoms with van der Waals surface area (Å²) in [7, 11) is 1.81. The van der Waals surface area contributed by atoms with Gasteiger partial charge in [-0.3, -0.25) is 4.90 Å². The van der Waals surface area contributed by atoms with Crippen molar-refractivity contribution in [2.45, 2.75) is 37.5 Å². The summed E-state index contributed by atoms with van der Waals surface area (Å²) in [5, 5.41) is 0.799. The van der Waals surface area contributed by atoms with Crippen LogP contribution in [0.2, 0.25) is 0 Å². The number of ether oxygens (including phenoxy) is 1. The number of rotatable bonds is 6. The Morgan fingerprint density at radius 1 is 1.57 bits per heavy atom. The second-order valence-electron chi connectivity index (χ2n) is 4.01. The zero-order chi connectivity index (χ0) is 10.4. The van der Waals surface area contributed by atoms with E-state index in [9.17, 15) is 0 Å². The largest absolute Gasteiger partial charge is 0.383 e. The quantitative estimate of drug-likeness (QED) is 0.677. The molecule has 0 amide bonds. The van der Waals surface area contributed by atoms with Gasteiger partial charge in [-0.05, 0) is 32.1 Å². The van der Waals surface area contributed by atoms with Gasteiger partial charge in [0, 0.05) is 24.9 Å². The number of likely N-dealkylation sites (tertiary alicyclic amines) is 1. The summed E-state index contributed by atoms with van der Waals surface area (Å²) < 4.78 is 5.26. The van der Waals surface area contributed by atoms with Crippen molar-refractivity contribution in [3.05, 3.63) is 0 Å². The Morgan fingerprint density at radius 2 is 2.36 bits per heavy atom. The molecule has 1 fully saturated rings. The SMILES string of the molecule is CCC(CN1CCCC1COC)SC. The predicted octanol–water partition coefficient (Wildman–Crippen LogP) is 2.24. The van der Waals surface area contributed by atoms with Gasteiger partial charge in [0.15, 0.2) is 0 Å². The van der Waals surface area contributed by atoms with E-state index in [1.807, 2.05) is 18.9 Å². The van der Waals surface area contributed by atoms with E-state index in [4.69, 9.17) is 4.74 Å². The van der Waals surface area contributed by atoms with Crippen molar-refractivity contribution in [1.29, 1.82) is 0 Å². The van der Waals surface area contributed by atoms with E-state index in [1.54, 1.807) is 0 Å². The Bertz CT molecular complexity index is 150. The Hall–Kier alpha value is 0.270. The summed E-state index contributed by atoms with van der Waals surface area (Å²) in [6.07, 6.45) is 6.16. The monoisotopic (exact) mass is 217 g/mol. The molecular formula is C11H23NOS. The first kappa shape index (κ1) is 12.3. The highest BCUT2D eigenvalue weighted by molar-refractivity contribution is 7.99. The van der Waals surface area contributed by atoms with Crippen LogP contribution in [-0.2, 0) is 4.74 Å². The molecule has 84 valence electrons. The first-order valence-corrected chi connectivity index (χ1v) is 6.86. The van der Waals surface area contributed by atoms with E-state index in [0.717, 1.165) is 11.9 Å². The van der Waals surface area contributed by atoms with E-state index >= 15 is 0 Å². The van der Waals surface area contributed by atoms with E-state index in [2.05, 4.69) is 18.1 Å². The Morgan fingerprint density at radius 3 is 2.93 bits per heavy atom. The summed E-state index contributed by atoms with van der Waals surface area (Å²) in [5.41, 5.74) is 0. The van der Waals surface area contributed by atoms with Crippen LogP contribution in [0.3, 0.4) is 0 Å². The molecule has 0 bridgehead atoms. The molecule has 3 heteroatoms. The van der Waals surface area contributed by atoms with E-state index < -0.39 is 0 Å². The van der Waals surface area contributed by atoms with Crippen LogP contribution >= 0.6 is 11.8 Å². The third-order valence-electron chi connectivity index (χ3n) is 3.08. The van der Waals surface area contributed by atoms with Gasteiger partial charge in [0.2, 0.25) is 0 Å². The highest BCUT2D eigenvalue weighted by Gasteiger charge is 2.25. The molecule has 1 aliphatic heterocycles. The van der Waals surface area contributed by atoms with Crippen LogP contribution in [0.4, 0.5) is 0 Å². The van der Waals surface area contributed by atoms with Crippen molar-refractivity contribution in [3.63, 3.8) is 0 Å². The molecule has 0 aromatic heterocycles. The highest BCUT2D eigenvalue weighted by Crippen LogP contribution is 2.21. The van der Waals surface area contributed by atoms with Crippen LogP contribution in [0.15, 0.2) is 0 Å². The van der Waals surface area contributed by atoms with Gasteiger partial charge >= 0.3 is 0 Å².